The van der Waals surface area contributed by atoms with Gasteiger partial charge in [0.05, 0.1) is 5.52 Å². The number of rotatable bonds is 7. The molecule has 0 aliphatic heterocycles. The molecule has 1 aromatic heterocycles. The number of benzene rings is 3. The second-order valence-corrected chi connectivity index (χ2v) is 7.45. The van der Waals surface area contributed by atoms with Gasteiger partial charge in [-0.05, 0) is 49.2 Å². The Balaban J connectivity index is 1.49. The van der Waals surface area contributed by atoms with Crippen molar-refractivity contribution < 1.29 is 9.84 Å². The van der Waals surface area contributed by atoms with E-state index in [1.54, 1.807) is 0 Å². The summed E-state index contributed by atoms with van der Waals surface area (Å²) in [6.07, 6.45) is -0.681. The zero-order valence-corrected chi connectivity index (χ0v) is 17.2. The van der Waals surface area contributed by atoms with Gasteiger partial charge in [0.1, 0.15) is 24.3 Å². The van der Waals surface area contributed by atoms with E-state index in [0.717, 1.165) is 33.3 Å². The number of aliphatic hydroxyl groups excluding tert-OH is 1. The number of aliphatic hydroxyl groups is 1. The summed E-state index contributed by atoms with van der Waals surface area (Å²) in [6.45, 7) is 4.58. The second-order valence-electron chi connectivity index (χ2n) is 7.45. The summed E-state index contributed by atoms with van der Waals surface area (Å²) in [5.74, 6) is 2.12. The van der Waals surface area contributed by atoms with Crippen LogP contribution in [0.1, 0.15) is 11.1 Å². The number of fused-ring (bicyclic) bond motifs is 1. The molecule has 0 aliphatic rings. The molecule has 0 spiro atoms. The standard InChI is InChI=1S/C25H25N3O2/c1-17-12-18(2)14-21(13-17)30-16-20(29)15-26-25-22-10-6-7-11-23(22)27-24(28-25)19-8-4-3-5-9-19/h3-14,20,29H,15-16H2,1-2H3,(H,26,27,28). The largest absolute Gasteiger partial charge is 0.491 e. The second kappa shape index (κ2) is 8.93. The van der Waals surface area contributed by atoms with Crippen molar-refractivity contribution in [3.05, 3.63) is 83.9 Å². The van der Waals surface area contributed by atoms with Gasteiger partial charge in [-0.1, -0.05) is 48.5 Å². The van der Waals surface area contributed by atoms with Crippen LogP contribution in [0.4, 0.5) is 5.82 Å². The average Bonchev–Trinajstić information content (AvgIpc) is 2.76. The van der Waals surface area contributed by atoms with Crippen LogP contribution < -0.4 is 10.1 Å². The van der Waals surface area contributed by atoms with Gasteiger partial charge in [0.2, 0.25) is 0 Å². The monoisotopic (exact) mass is 399 g/mol. The quantitative estimate of drug-likeness (QED) is 0.469. The summed E-state index contributed by atoms with van der Waals surface area (Å²) in [6, 6.07) is 23.8. The maximum atomic E-state index is 10.4. The number of hydrogen-bond acceptors (Lipinski definition) is 5. The Morgan fingerprint density at radius 3 is 2.37 bits per heavy atom. The zero-order valence-electron chi connectivity index (χ0n) is 17.2. The molecule has 4 aromatic rings. The molecule has 30 heavy (non-hydrogen) atoms. The van der Waals surface area contributed by atoms with Crippen molar-refractivity contribution in [1.82, 2.24) is 9.97 Å². The fourth-order valence-corrected chi connectivity index (χ4v) is 3.41. The first-order valence-electron chi connectivity index (χ1n) is 10.0. The van der Waals surface area contributed by atoms with Crippen molar-refractivity contribution in [2.24, 2.45) is 0 Å². The fourth-order valence-electron chi connectivity index (χ4n) is 3.41. The number of nitrogens with zero attached hydrogens (tertiary/aromatic N) is 2. The van der Waals surface area contributed by atoms with Crippen molar-refractivity contribution in [3.8, 4) is 17.1 Å². The van der Waals surface area contributed by atoms with Gasteiger partial charge in [-0.25, -0.2) is 9.97 Å². The molecule has 2 N–H and O–H groups in total. The number of nitrogens with one attached hydrogen (secondary N) is 1. The first-order chi connectivity index (χ1) is 14.6. The Labute approximate surface area is 176 Å². The summed E-state index contributed by atoms with van der Waals surface area (Å²) in [4.78, 5) is 9.40. The highest BCUT2D eigenvalue weighted by Gasteiger charge is 2.11. The molecule has 0 radical (unpaired) electrons. The molecule has 0 saturated carbocycles. The van der Waals surface area contributed by atoms with Gasteiger partial charge in [0.15, 0.2) is 5.82 Å². The van der Waals surface area contributed by atoms with E-state index in [1.165, 1.54) is 0 Å². The van der Waals surface area contributed by atoms with Crippen LogP contribution in [0.25, 0.3) is 22.3 Å². The first-order valence-corrected chi connectivity index (χ1v) is 10.0. The van der Waals surface area contributed by atoms with Crippen LogP contribution in [0.15, 0.2) is 72.8 Å². The smallest absolute Gasteiger partial charge is 0.162 e. The van der Waals surface area contributed by atoms with Gasteiger partial charge in [-0.15, -0.1) is 0 Å². The number of ether oxygens (including phenoxy) is 1. The van der Waals surface area contributed by atoms with Crippen LogP contribution in [0.3, 0.4) is 0 Å². The normalized spacial score (nSPS) is 12.0. The fraction of sp³-hybridized carbons (Fsp3) is 0.200. The third kappa shape index (κ3) is 4.75. The van der Waals surface area contributed by atoms with E-state index in [-0.39, 0.29) is 6.61 Å². The van der Waals surface area contributed by atoms with Gasteiger partial charge < -0.3 is 15.2 Å². The number of aromatic nitrogens is 2. The Bertz CT molecular complexity index is 1130. The van der Waals surface area contributed by atoms with Gasteiger partial charge in [0, 0.05) is 17.5 Å². The highest BCUT2D eigenvalue weighted by atomic mass is 16.5. The summed E-state index contributed by atoms with van der Waals surface area (Å²) in [5.41, 5.74) is 4.08. The van der Waals surface area contributed by atoms with Crippen LogP contribution in [0.2, 0.25) is 0 Å². The zero-order chi connectivity index (χ0) is 20.9. The van der Waals surface area contributed by atoms with E-state index in [1.807, 2.05) is 80.6 Å². The van der Waals surface area contributed by atoms with Crippen molar-refractivity contribution in [2.75, 3.05) is 18.5 Å². The molecular weight excluding hydrogens is 374 g/mol. The number of hydrogen-bond donors (Lipinski definition) is 2. The maximum absolute atomic E-state index is 10.4. The van der Waals surface area contributed by atoms with Crippen molar-refractivity contribution in [1.29, 1.82) is 0 Å². The molecule has 1 heterocycles. The predicted octanol–water partition coefficient (Wildman–Crippen LogP) is 4.77. The minimum absolute atomic E-state index is 0.199. The van der Waals surface area contributed by atoms with Crippen LogP contribution in [-0.4, -0.2) is 34.3 Å². The molecule has 5 heteroatoms. The van der Waals surface area contributed by atoms with Crippen LogP contribution in [-0.2, 0) is 0 Å². The van der Waals surface area contributed by atoms with Crippen molar-refractivity contribution in [2.45, 2.75) is 20.0 Å². The van der Waals surface area contributed by atoms with Crippen molar-refractivity contribution in [3.63, 3.8) is 0 Å². The highest BCUT2D eigenvalue weighted by molar-refractivity contribution is 5.90. The predicted molar refractivity (Wildman–Crippen MR) is 121 cm³/mol. The lowest BCUT2D eigenvalue weighted by molar-refractivity contribution is 0.117. The number of aryl methyl sites for hydroxylation is 2. The summed E-state index contributed by atoms with van der Waals surface area (Å²) in [7, 11) is 0. The minimum Gasteiger partial charge on any atom is -0.491 e. The molecule has 0 saturated heterocycles. The van der Waals surface area contributed by atoms with Gasteiger partial charge >= 0.3 is 0 Å². The van der Waals surface area contributed by atoms with E-state index < -0.39 is 6.10 Å². The lowest BCUT2D eigenvalue weighted by Gasteiger charge is -2.16. The van der Waals surface area contributed by atoms with E-state index in [0.29, 0.717) is 18.2 Å². The van der Waals surface area contributed by atoms with Crippen LogP contribution in [0.5, 0.6) is 5.75 Å². The highest BCUT2D eigenvalue weighted by Crippen LogP contribution is 2.25. The van der Waals surface area contributed by atoms with E-state index in [2.05, 4.69) is 16.4 Å². The Kier molecular flexibility index (Phi) is 5.91. The molecule has 4 rings (SSSR count). The molecule has 0 amide bonds. The van der Waals surface area contributed by atoms with E-state index >= 15 is 0 Å². The lowest BCUT2D eigenvalue weighted by Crippen LogP contribution is -2.26. The topological polar surface area (TPSA) is 67.3 Å². The minimum atomic E-state index is -0.681. The molecular formula is C25H25N3O2. The molecule has 152 valence electrons. The van der Waals surface area contributed by atoms with Crippen LogP contribution >= 0.6 is 0 Å². The first kappa shape index (κ1) is 19.9. The van der Waals surface area contributed by atoms with E-state index in [9.17, 15) is 5.11 Å². The number of para-hydroxylation sites is 1. The SMILES string of the molecule is Cc1cc(C)cc(OCC(O)CNc2nc(-c3ccccc3)nc3ccccc23)c1. The summed E-state index contributed by atoms with van der Waals surface area (Å²) in [5, 5.41) is 14.6. The molecule has 1 unspecified atom stereocenters. The van der Waals surface area contributed by atoms with Gasteiger partial charge in [-0.2, -0.15) is 0 Å². The van der Waals surface area contributed by atoms with E-state index in [4.69, 9.17) is 9.72 Å². The van der Waals surface area contributed by atoms with Crippen LogP contribution in [0, 0.1) is 13.8 Å². The molecule has 0 fully saturated rings. The third-order valence-electron chi connectivity index (χ3n) is 4.78. The lowest BCUT2D eigenvalue weighted by atomic mass is 10.1. The molecule has 5 nitrogen and oxygen atoms in total. The Hall–Kier alpha value is -3.44. The Morgan fingerprint density at radius 2 is 1.60 bits per heavy atom. The Morgan fingerprint density at radius 1 is 0.900 bits per heavy atom. The number of anilines is 1. The molecule has 0 bridgehead atoms. The molecule has 1 atom stereocenters. The van der Waals surface area contributed by atoms with Gasteiger partial charge in [-0.3, -0.25) is 0 Å². The average molecular weight is 399 g/mol. The summed E-state index contributed by atoms with van der Waals surface area (Å²) >= 11 is 0. The third-order valence-corrected chi connectivity index (χ3v) is 4.78. The molecule has 3 aromatic carbocycles. The van der Waals surface area contributed by atoms with Crippen molar-refractivity contribution >= 4 is 16.7 Å². The molecule has 0 aliphatic carbocycles. The van der Waals surface area contributed by atoms with Gasteiger partial charge in [0.25, 0.3) is 0 Å². The maximum Gasteiger partial charge on any atom is 0.162 e. The summed E-state index contributed by atoms with van der Waals surface area (Å²) < 4.78 is 5.78.